The molecule has 0 aliphatic carbocycles. The minimum absolute atomic E-state index is 0.00618. The van der Waals surface area contributed by atoms with Crippen LogP contribution in [0.1, 0.15) is 19.8 Å². The second-order valence-electron chi connectivity index (χ2n) is 1.90. The zero-order chi connectivity index (χ0) is 6.62. The van der Waals surface area contributed by atoms with Crippen LogP contribution in [0, 0.1) is 0 Å². The Kier molecular flexibility index (Phi) is 3.33. The van der Waals surface area contributed by atoms with Gasteiger partial charge < -0.3 is 5.11 Å². The number of aliphatic hydroxyl groups is 1. The second-order valence-corrected chi connectivity index (χ2v) is 2.69. The predicted octanol–water partition coefficient (Wildman–Crippen LogP) is 1.68. The summed E-state index contributed by atoms with van der Waals surface area (Å²) in [4.78, 5) is 0. The minimum Gasteiger partial charge on any atom is -0.396 e. The number of alkyl halides is 2. The topological polar surface area (TPSA) is 20.2 Å². The highest BCUT2D eigenvalue weighted by Gasteiger charge is 2.16. The molecule has 1 atom stereocenters. The Hall–Kier alpha value is 0.180. The van der Waals surface area contributed by atoms with E-state index in [1.165, 1.54) is 6.92 Å². The van der Waals surface area contributed by atoms with Crippen LogP contribution in [0.2, 0.25) is 0 Å². The molecule has 0 rings (SSSR count). The van der Waals surface area contributed by atoms with E-state index in [4.69, 9.17) is 16.7 Å². The number of aliphatic hydroxyl groups excluding tert-OH is 1. The third-order valence-corrected chi connectivity index (χ3v) is 0.963. The molecular formula is C5H10ClFO. The van der Waals surface area contributed by atoms with Gasteiger partial charge in [0.1, 0.15) is 0 Å². The van der Waals surface area contributed by atoms with Crippen molar-refractivity contribution in [1.29, 1.82) is 0 Å². The van der Waals surface area contributed by atoms with E-state index in [1.54, 1.807) is 0 Å². The Morgan fingerprint density at radius 3 is 2.38 bits per heavy atom. The molecule has 0 aliphatic heterocycles. The SMILES string of the molecule is CC(F)(Cl)CCCO. The minimum atomic E-state index is -1.64. The van der Waals surface area contributed by atoms with Crippen LogP contribution in [0.4, 0.5) is 4.39 Å². The maximum Gasteiger partial charge on any atom is 0.181 e. The van der Waals surface area contributed by atoms with Crippen molar-refractivity contribution in [3.8, 4) is 0 Å². The van der Waals surface area contributed by atoms with Gasteiger partial charge >= 0.3 is 0 Å². The summed E-state index contributed by atoms with van der Waals surface area (Å²) in [6.07, 6.45) is 0.640. The molecule has 0 spiro atoms. The fourth-order valence-corrected chi connectivity index (χ4v) is 0.523. The van der Waals surface area contributed by atoms with Crippen LogP contribution >= 0.6 is 11.6 Å². The summed E-state index contributed by atoms with van der Waals surface area (Å²) in [6, 6.07) is 0. The molecule has 8 heavy (non-hydrogen) atoms. The summed E-state index contributed by atoms with van der Waals surface area (Å²) < 4.78 is 12.2. The van der Waals surface area contributed by atoms with E-state index in [1.807, 2.05) is 0 Å². The van der Waals surface area contributed by atoms with Crippen molar-refractivity contribution in [3.05, 3.63) is 0 Å². The van der Waals surface area contributed by atoms with E-state index in [9.17, 15) is 4.39 Å². The first kappa shape index (κ1) is 8.18. The summed E-state index contributed by atoms with van der Waals surface area (Å²) in [7, 11) is 0. The van der Waals surface area contributed by atoms with Crippen LogP contribution in [-0.4, -0.2) is 16.8 Å². The van der Waals surface area contributed by atoms with Crippen molar-refractivity contribution in [2.75, 3.05) is 6.61 Å². The maximum absolute atomic E-state index is 12.2. The number of rotatable bonds is 3. The standard InChI is InChI=1S/C5H10ClFO/c1-5(6,7)3-2-4-8/h8H,2-4H2,1H3. The highest BCUT2D eigenvalue weighted by Crippen LogP contribution is 2.21. The van der Waals surface area contributed by atoms with Gasteiger partial charge in [0.15, 0.2) is 5.13 Å². The molecule has 0 aromatic carbocycles. The van der Waals surface area contributed by atoms with Crippen LogP contribution in [0.15, 0.2) is 0 Å². The molecule has 1 N–H and O–H groups in total. The smallest absolute Gasteiger partial charge is 0.181 e. The van der Waals surface area contributed by atoms with E-state index in [0.717, 1.165) is 0 Å². The largest absolute Gasteiger partial charge is 0.396 e. The molecule has 0 saturated heterocycles. The average molecular weight is 141 g/mol. The first-order valence-corrected chi connectivity index (χ1v) is 2.93. The van der Waals surface area contributed by atoms with Crippen molar-refractivity contribution in [3.63, 3.8) is 0 Å². The van der Waals surface area contributed by atoms with Gasteiger partial charge in [-0.3, -0.25) is 0 Å². The number of hydrogen-bond donors (Lipinski definition) is 1. The lowest BCUT2D eigenvalue weighted by atomic mass is 10.2. The molecule has 0 bridgehead atoms. The van der Waals surface area contributed by atoms with Crippen LogP contribution in [0.3, 0.4) is 0 Å². The Balaban J connectivity index is 3.11. The van der Waals surface area contributed by atoms with Gasteiger partial charge in [0.05, 0.1) is 0 Å². The van der Waals surface area contributed by atoms with Gasteiger partial charge in [-0.05, 0) is 19.8 Å². The Bertz CT molecular complexity index is 59.9. The molecule has 0 saturated carbocycles. The molecule has 50 valence electrons. The monoisotopic (exact) mass is 140 g/mol. The van der Waals surface area contributed by atoms with Crippen LogP contribution in [0.5, 0.6) is 0 Å². The normalized spacial score (nSPS) is 18.0. The van der Waals surface area contributed by atoms with Gasteiger partial charge in [-0.2, -0.15) is 0 Å². The van der Waals surface area contributed by atoms with Gasteiger partial charge in [0, 0.05) is 6.61 Å². The average Bonchev–Trinajstić information content (AvgIpc) is 1.59. The molecule has 0 aliphatic rings. The van der Waals surface area contributed by atoms with Crippen molar-refractivity contribution in [2.24, 2.45) is 0 Å². The van der Waals surface area contributed by atoms with Gasteiger partial charge in [0.25, 0.3) is 0 Å². The van der Waals surface area contributed by atoms with Gasteiger partial charge in [-0.15, -0.1) is 0 Å². The molecule has 0 amide bonds. The van der Waals surface area contributed by atoms with E-state index in [2.05, 4.69) is 0 Å². The maximum atomic E-state index is 12.2. The summed E-state index contributed by atoms with van der Waals surface area (Å²) >= 11 is 5.13. The second kappa shape index (κ2) is 3.25. The molecule has 0 fully saturated rings. The van der Waals surface area contributed by atoms with Crippen molar-refractivity contribution in [1.82, 2.24) is 0 Å². The van der Waals surface area contributed by atoms with Crippen LogP contribution in [-0.2, 0) is 0 Å². The van der Waals surface area contributed by atoms with Crippen molar-refractivity contribution >= 4 is 11.6 Å². The molecular weight excluding hydrogens is 131 g/mol. The highest BCUT2D eigenvalue weighted by atomic mass is 35.5. The molecule has 1 nitrogen and oxygen atoms in total. The zero-order valence-electron chi connectivity index (χ0n) is 4.82. The predicted molar refractivity (Wildman–Crippen MR) is 31.7 cm³/mol. The third-order valence-electron chi connectivity index (χ3n) is 0.774. The third kappa shape index (κ3) is 6.18. The fraction of sp³-hybridized carbons (Fsp3) is 1.00. The quantitative estimate of drug-likeness (QED) is 0.592. The Morgan fingerprint density at radius 2 is 2.25 bits per heavy atom. The summed E-state index contributed by atoms with van der Waals surface area (Å²) in [5.41, 5.74) is 0. The van der Waals surface area contributed by atoms with Gasteiger partial charge in [-0.25, -0.2) is 4.39 Å². The van der Waals surface area contributed by atoms with Crippen LogP contribution in [0.25, 0.3) is 0 Å². The van der Waals surface area contributed by atoms with E-state index in [-0.39, 0.29) is 13.0 Å². The molecule has 0 radical (unpaired) electrons. The first-order valence-electron chi connectivity index (χ1n) is 2.55. The van der Waals surface area contributed by atoms with Gasteiger partial charge in [-0.1, -0.05) is 11.6 Å². The van der Waals surface area contributed by atoms with E-state index >= 15 is 0 Å². The lowest BCUT2D eigenvalue weighted by Crippen LogP contribution is -2.07. The van der Waals surface area contributed by atoms with E-state index < -0.39 is 5.13 Å². The Morgan fingerprint density at radius 1 is 1.75 bits per heavy atom. The summed E-state index contributed by atoms with van der Waals surface area (Å²) in [6.45, 7) is 1.29. The van der Waals surface area contributed by atoms with Crippen LogP contribution < -0.4 is 0 Å². The van der Waals surface area contributed by atoms with Crippen molar-refractivity contribution in [2.45, 2.75) is 24.9 Å². The van der Waals surface area contributed by atoms with E-state index in [0.29, 0.717) is 6.42 Å². The molecule has 3 heteroatoms. The summed E-state index contributed by atoms with van der Waals surface area (Å²) in [5.74, 6) is 0. The molecule has 0 heterocycles. The highest BCUT2D eigenvalue weighted by molar-refractivity contribution is 6.22. The molecule has 0 aromatic heterocycles. The van der Waals surface area contributed by atoms with Crippen molar-refractivity contribution < 1.29 is 9.50 Å². The molecule has 0 aromatic rings. The Labute approximate surface area is 53.5 Å². The number of halogens is 2. The lowest BCUT2D eigenvalue weighted by molar-refractivity contribution is 0.231. The first-order chi connectivity index (χ1) is 3.56. The number of hydrogen-bond acceptors (Lipinski definition) is 1. The molecule has 1 unspecified atom stereocenters. The summed E-state index contributed by atoms with van der Waals surface area (Å²) in [5, 5.41) is 6.57. The van der Waals surface area contributed by atoms with Gasteiger partial charge in [0.2, 0.25) is 0 Å². The lowest BCUT2D eigenvalue weighted by Gasteiger charge is -2.08. The zero-order valence-corrected chi connectivity index (χ0v) is 5.58. The fourth-order valence-electron chi connectivity index (χ4n) is 0.389.